The third-order valence-corrected chi connectivity index (χ3v) is 4.71. The summed E-state index contributed by atoms with van der Waals surface area (Å²) in [6.07, 6.45) is 7.10. The van der Waals surface area contributed by atoms with Gasteiger partial charge in [-0.05, 0) is 25.7 Å². The molecule has 0 aliphatic carbocycles. The predicted octanol–water partition coefficient (Wildman–Crippen LogP) is 1.24. The van der Waals surface area contributed by atoms with Gasteiger partial charge in [0.1, 0.15) is 0 Å². The van der Waals surface area contributed by atoms with Gasteiger partial charge < -0.3 is 20.6 Å². The summed E-state index contributed by atoms with van der Waals surface area (Å²) in [6.45, 7) is 5.90. The molecule has 0 radical (unpaired) electrons. The second-order valence-corrected chi connectivity index (χ2v) is 6.42. The molecule has 0 spiro atoms. The second kappa shape index (κ2) is 7.68. The molecule has 1 atom stereocenters. The van der Waals surface area contributed by atoms with E-state index in [1.165, 1.54) is 0 Å². The van der Waals surface area contributed by atoms with Crippen LogP contribution in [0.25, 0.3) is 0 Å². The van der Waals surface area contributed by atoms with E-state index in [0.29, 0.717) is 12.8 Å². The molecule has 1 aliphatic heterocycles. The molecule has 23 heavy (non-hydrogen) atoms. The third-order valence-electron chi connectivity index (χ3n) is 4.71. The van der Waals surface area contributed by atoms with Gasteiger partial charge in [-0.2, -0.15) is 5.10 Å². The van der Waals surface area contributed by atoms with Crippen molar-refractivity contribution in [3.05, 3.63) is 12.4 Å². The van der Waals surface area contributed by atoms with E-state index in [0.717, 1.165) is 31.6 Å². The molecule has 7 heteroatoms. The van der Waals surface area contributed by atoms with E-state index in [2.05, 4.69) is 20.6 Å². The summed E-state index contributed by atoms with van der Waals surface area (Å²) in [4.78, 5) is 14.3. The normalized spacial score (nSPS) is 18.8. The van der Waals surface area contributed by atoms with E-state index in [1.54, 1.807) is 4.68 Å². The lowest BCUT2D eigenvalue weighted by Gasteiger charge is -2.34. The van der Waals surface area contributed by atoms with Gasteiger partial charge in [0.25, 0.3) is 0 Å². The van der Waals surface area contributed by atoms with Crippen LogP contribution >= 0.6 is 0 Å². The largest absolute Gasteiger partial charge is 0.388 e. The third kappa shape index (κ3) is 4.86. The lowest BCUT2D eigenvalue weighted by molar-refractivity contribution is 0.0348. The molecule has 0 saturated carbocycles. The molecule has 1 aromatic heterocycles. The number of carbonyl (C=O) groups excluding carboxylic acids is 1. The Bertz CT molecular complexity index is 512. The van der Waals surface area contributed by atoms with Crippen molar-refractivity contribution < 1.29 is 9.90 Å². The minimum absolute atomic E-state index is 0.111. The van der Waals surface area contributed by atoms with Crippen LogP contribution in [0.5, 0.6) is 0 Å². The van der Waals surface area contributed by atoms with Crippen molar-refractivity contribution in [3.63, 3.8) is 0 Å². The summed E-state index contributed by atoms with van der Waals surface area (Å²) in [5, 5.41) is 20.2. The number of urea groups is 1. The first kappa shape index (κ1) is 17.6. The molecule has 2 rings (SSSR count). The number of rotatable bonds is 6. The Morgan fingerprint density at radius 1 is 1.48 bits per heavy atom. The number of nitrogens with one attached hydrogen (secondary N) is 2. The number of carbonyl (C=O) groups is 1. The summed E-state index contributed by atoms with van der Waals surface area (Å²) < 4.78 is 1.79. The lowest BCUT2D eigenvalue weighted by atomic mass is 9.98. The molecule has 1 saturated heterocycles. The number of amides is 2. The highest BCUT2D eigenvalue weighted by Crippen LogP contribution is 2.19. The number of piperidine rings is 1. The van der Waals surface area contributed by atoms with E-state index >= 15 is 0 Å². The number of aromatic nitrogens is 2. The van der Waals surface area contributed by atoms with E-state index < -0.39 is 5.60 Å². The Morgan fingerprint density at radius 2 is 2.22 bits per heavy atom. The van der Waals surface area contributed by atoms with Crippen molar-refractivity contribution in [2.45, 2.75) is 51.2 Å². The Balaban J connectivity index is 1.81. The highest BCUT2D eigenvalue weighted by Gasteiger charge is 2.25. The number of anilines is 1. The Labute approximate surface area is 138 Å². The van der Waals surface area contributed by atoms with Gasteiger partial charge in [0.2, 0.25) is 0 Å². The van der Waals surface area contributed by atoms with Crippen LogP contribution in [0, 0.1) is 0 Å². The van der Waals surface area contributed by atoms with Crippen LogP contribution in [-0.4, -0.2) is 52.2 Å². The molecule has 3 N–H and O–H groups in total. The topological polar surface area (TPSA) is 82.4 Å². The zero-order valence-electron chi connectivity index (χ0n) is 14.4. The fourth-order valence-electron chi connectivity index (χ4n) is 2.88. The summed E-state index contributed by atoms with van der Waals surface area (Å²) in [5.41, 5.74) is 0.275. The van der Waals surface area contributed by atoms with E-state index in [9.17, 15) is 9.90 Å². The molecule has 2 heterocycles. The van der Waals surface area contributed by atoms with E-state index in [-0.39, 0.29) is 18.6 Å². The van der Waals surface area contributed by atoms with Gasteiger partial charge in [-0.3, -0.25) is 4.68 Å². The van der Waals surface area contributed by atoms with E-state index in [4.69, 9.17) is 0 Å². The number of hydrogen-bond acceptors (Lipinski definition) is 4. The minimum Gasteiger partial charge on any atom is -0.388 e. The lowest BCUT2D eigenvalue weighted by Crippen LogP contribution is -2.52. The van der Waals surface area contributed by atoms with Crippen LogP contribution in [0.3, 0.4) is 0 Å². The van der Waals surface area contributed by atoms with Gasteiger partial charge in [0.05, 0.1) is 17.5 Å². The summed E-state index contributed by atoms with van der Waals surface area (Å²) in [6, 6.07) is -0.0938. The first-order valence-corrected chi connectivity index (χ1v) is 8.46. The number of nitrogens with zero attached hydrogens (tertiary/aromatic N) is 3. The Hall–Kier alpha value is -1.76. The summed E-state index contributed by atoms with van der Waals surface area (Å²) in [7, 11) is 1.90. The van der Waals surface area contributed by atoms with Crippen molar-refractivity contribution in [2.75, 3.05) is 24.5 Å². The molecule has 1 aliphatic rings. The van der Waals surface area contributed by atoms with Gasteiger partial charge in [-0.1, -0.05) is 13.8 Å². The number of aliphatic hydroxyl groups is 1. The molecule has 0 bridgehead atoms. The zero-order valence-corrected chi connectivity index (χ0v) is 14.4. The molecular weight excluding hydrogens is 294 g/mol. The Kier molecular flexibility index (Phi) is 5.87. The fraction of sp³-hybridized carbons (Fsp3) is 0.750. The maximum Gasteiger partial charge on any atom is 0.315 e. The van der Waals surface area contributed by atoms with Crippen LogP contribution < -0.4 is 15.5 Å². The van der Waals surface area contributed by atoms with Crippen LogP contribution in [0.4, 0.5) is 10.5 Å². The summed E-state index contributed by atoms with van der Waals surface area (Å²) in [5.74, 6) is 0. The SMILES string of the molecule is CCC(O)(CC)CNC(=O)NC1CCCN(c2cnn(C)c2)C1. The summed E-state index contributed by atoms with van der Waals surface area (Å²) >= 11 is 0. The zero-order chi connectivity index (χ0) is 16.9. The van der Waals surface area contributed by atoms with Gasteiger partial charge in [-0.25, -0.2) is 4.79 Å². The molecule has 7 nitrogen and oxygen atoms in total. The molecule has 0 aromatic carbocycles. The molecule has 1 aromatic rings. The van der Waals surface area contributed by atoms with Crippen molar-refractivity contribution in [1.29, 1.82) is 0 Å². The standard InChI is InChI=1S/C16H29N5O2/c1-4-16(23,5-2)12-17-15(22)19-13-7-6-8-21(10-13)14-9-18-20(3)11-14/h9,11,13,23H,4-8,10,12H2,1-3H3,(H2,17,19,22). The van der Waals surface area contributed by atoms with Crippen molar-refractivity contribution in [2.24, 2.45) is 7.05 Å². The van der Waals surface area contributed by atoms with Gasteiger partial charge in [0, 0.05) is 38.9 Å². The second-order valence-electron chi connectivity index (χ2n) is 6.42. The molecule has 130 valence electrons. The highest BCUT2D eigenvalue weighted by atomic mass is 16.3. The van der Waals surface area contributed by atoms with E-state index in [1.807, 2.05) is 33.3 Å². The molecule has 1 unspecified atom stereocenters. The van der Waals surface area contributed by atoms with Crippen LogP contribution in [0.2, 0.25) is 0 Å². The van der Waals surface area contributed by atoms with Gasteiger partial charge in [0.15, 0.2) is 0 Å². The average molecular weight is 323 g/mol. The van der Waals surface area contributed by atoms with Crippen molar-refractivity contribution in [1.82, 2.24) is 20.4 Å². The minimum atomic E-state index is -0.814. The van der Waals surface area contributed by atoms with Crippen LogP contribution in [-0.2, 0) is 7.05 Å². The highest BCUT2D eigenvalue weighted by molar-refractivity contribution is 5.74. The number of hydrogen-bond donors (Lipinski definition) is 3. The van der Waals surface area contributed by atoms with Crippen molar-refractivity contribution >= 4 is 11.7 Å². The number of aryl methyl sites for hydroxylation is 1. The molecular formula is C16H29N5O2. The van der Waals surface area contributed by atoms with Crippen LogP contribution in [0.1, 0.15) is 39.5 Å². The predicted molar refractivity (Wildman–Crippen MR) is 90.5 cm³/mol. The molecule has 2 amide bonds. The van der Waals surface area contributed by atoms with Crippen LogP contribution in [0.15, 0.2) is 12.4 Å². The van der Waals surface area contributed by atoms with Gasteiger partial charge in [-0.15, -0.1) is 0 Å². The van der Waals surface area contributed by atoms with Crippen molar-refractivity contribution in [3.8, 4) is 0 Å². The maximum atomic E-state index is 12.1. The fourth-order valence-corrected chi connectivity index (χ4v) is 2.88. The first-order chi connectivity index (χ1) is 11.0. The quantitative estimate of drug-likeness (QED) is 0.735. The Morgan fingerprint density at radius 3 is 2.83 bits per heavy atom. The first-order valence-electron chi connectivity index (χ1n) is 8.46. The average Bonchev–Trinajstić information content (AvgIpc) is 2.99. The molecule has 1 fully saturated rings. The van der Waals surface area contributed by atoms with Gasteiger partial charge >= 0.3 is 6.03 Å². The maximum absolute atomic E-state index is 12.1. The monoisotopic (exact) mass is 323 g/mol. The smallest absolute Gasteiger partial charge is 0.315 e.